The Hall–Kier alpha value is -3.38. The third-order valence-electron chi connectivity index (χ3n) is 4.34. The van der Waals surface area contributed by atoms with Crippen LogP contribution >= 0.6 is 11.6 Å². The van der Waals surface area contributed by atoms with Crippen molar-refractivity contribution in [2.75, 3.05) is 4.90 Å². The molecule has 1 aliphatic rings. The van der Waals surface area contributed by atoms with Gasteiger partial charge in [0.25, 0.3) is 5.91 Å². The van der Waals surface area contributed by atoms with E-state index < -0.39 is 12.1 Å². The molecule has 1 atom stereocenters. The van der Waals surface area contributed by atoms with Gasteiger partial charge in [-0.25, -0.2) is 9.69 Å². The number of nitrogens with one attached hydrogen (secondary N) is 1. The van der Waals surface area contributed by atoms with E-state index in [1.165, 1.54) is 0 Å². The molecule has 28 heavy (non-hydrogen) atoms. The summed E-state index contributed by atoms with van der Waals surface area (Å²) in [6, 6.07) is 16.4. The molecule has 3 amide bonds. The smallest absolute Gasteiger partial charge is 0.329 e. The van der Waals surface area contributed by atoms with Gasteiger partial charge in [-0.15, -0.1) is 0 Å². The van der Waals surface area contributed by atoms with Crippen LogP contribution < -0.4 is 15.0 Å². The van der Waals surface area contributed by atoms with E-state index in [-0.39, 0.29) is 5.91 Å². The summed E-state index contributed by atoms with van der Waals surface area (Å²) >= 11 is 5.95. The van der Waals surface area contributed by atoms with E-state index in [1.54, 1.807) is 60.9 Å². The summed E-state index contributed by atoms with van der Waals surface area (Å²) in [7, 11) is 0. The number of anilines is 1. The quantitative estimate of drug-likeness (QED) is 0.659. The minimum Gasteiger partial charge on any atom is -0.457 e. The number of imide groups is 1. The SMILES string of the molecule is O=C1NC(Cc2ccncc2)C(=O)N1c1ccc(Oc2cccc(Cl)c2)cc1. The highest BCUT2D eigenvalue weighted by molar-refractivity contribution is 6.30. The third-order valence-corrected chi connectivity index (χ3v) is 4.57. The Labute approximate surface area is 166 Å². The third kappa shape index (κ3) is 3.82. The van der Waals surface area contributed by atoms with E-state index in [1.807, 2.05) is 12.1 Å². The van der Waals surface area contributed by atoms with Crippen molar-refractivity contribution in [1.82, 2.24) is 10.3 Å². The lowest BCUT2D eigenvalue weighted by Gasteiger charge is -2.14. The number of ether oxygens (including phenoxy) is 1. The Balaban J connectivity index is 1.47. The molecule has 2 heterocycles. The van der Waals surface area contributed by atoms with Crippen LogP contribution in [-0.4, -0.2) is 23.0 Å². The zero-order valence-corrected chi connectivity index (χ0v) is 15.5. The predicted octanol–water partition coefficient (Wildman–Crippen LogP) is 4.19. The number of carbonyl (C=O) groups excluding carboxylic acids is 2. The van der Waals surface area contributed by atoms with Crippen molar-refractivity contribution in [3.05, 3.63) is 83.6 Å². The van der Waals surface area contributed by atoms with Gasteiger partial charge in [0.15, 0.2) is 0 Å². The van der Waals surface area contributed by atoms with Gasteiger partial charge >= 0.3 is 6.03 Å². The molecule has 0 spiro atoms. The van der Waals surface area contributed by atoms with Crippen molar-refractivity contribution in [3.8, 4) is 11.5 Å². The number of rotatable bonds is 5. The zero-order chi connectivity index (χ0) is 19.5. The number of halogens is 1. The van der Waals surface area contributed by atoms with E-state index in [0.29, 0.717) is 28.6 Å². The molecule has 140 valence electrons. The molecule has 1 aliphatic heterocycles. The number of aromatic nitrogens is 1. The summed E-state index contributed by atoms with van der Waals surface area (Å²) in [5.41, 5.74) is 1.42. The highest BCUT2D eigenvalue weighted by Gasteiger charge is 2.38. The second-order valence-corrected chi connectivity index (χ2v) is 6.73. The second-order valence-electron chi connectivity index (χ2n) is 6.29. The number of hydrogen-bond donors (Lipinski definition) is 1. The van der Waals surface area contributed by atoms with E-state index in [9.17, 15) is 9.59 Å². The van der Waals surface area contributed by atoms with Gasteiger partial charge in [0.1, 0.15) is 17.5 Å². The molecule has 1 aromatic heterocycles. The first-order valence-corrected chi connectivity index (χ1v) is 9.05. The van der Waals surface area contributed by atoms with Gasteiger partial charge in [-0.1, -0.05) is 17.7 Å². The number of pyridine rings is 1. The average Bonchev–Trinajstić information content (AvgIpc) is 2.97. The van der Waals surface area contributed by atoms with Crippen LogP contribution in [0.1, 0.15) is 5.56 Å². The van der Waals surface area contributed by atoms with Crippen LogP contribution in [0, 0.1) is 0 Å². The lowest BCUT2D eigenvalue weighted by molar-refractivity contribution is -0.118. The van der Waals surface area contributed by atoms with Crippen LogP contribution in [0.2, 0.25) is 5.02 Å². The summed E-state index contributed by atoms with van der Waals surface area (Å²) in [5, 5.41) is 3.31. The average molecular weight is 394 g/mol. The number of carbonyl (C=O) groups is 2. The maximum Gasteiger partial charge on any atom is 0.329 e. The molecule has 3 aromatic rings. The van der Waals surface area contributed by atoms with Gasteiger partial charge in [0.05, 0.1) is 5.69 Å². The van der Waals surface area contributed by atoms with E-state index >= 15 is 0 Å². The first-order chi connectivity index (χ1) is 13.6. The Morgan fingerprint density at radius 3 is 2.46 bits per heavy atom. The maximum absolute atomic E-state index is 12.7. The molecular formula is C21H16ClN3O3. The largest absolute Gasteiger partial charge is 0.457 e. The normalized spacial score (nSPS) is 16.2. The van der Waals surface area contributed by atoms with Crippen LogP contribution in [0.4, 0.5) is 10.5 Å². The molecule has 1 saturated heterocycles. The van der Waals surface area contributed by atoms with E-state index in [2.05, 4.69) is 10.3 Å². The van der Waals surface area contributed by atoms with E-state index in [0.717, 1.165) is 10.5 Å². The van der Waals surface area contributed by atoms with Crippen molar-refractivity contribution in [2.24, 2.45) is 0 Å². The molecule has 0 radical (unpaired) electrons. The van der Waals surface area contributed by atoms with Gasteiger partial charge in [0.2, 0.25) is 0 Å². The number of nitrogens with zero attached hydrogens (tertiary/aromatic N) is 2. The Morgan fingerprint density at radius 1 is 1.00 bits per heavy atom. The molecule has 0 saturated carbocycles. The molecule has 0 bridgehead atoms. The molecule has 6 nitrogen and oxygen atoms in total. The molecule has 4 rings (SSSR count). The summed E-state index contributed by atoms with van der Waals surface area (Å²) in [6.45, 7) is 0. The molecule has 1 fully saturated rings. The number of urea groups is 1. The van der Waals surface area contributed by atoms with Gasteiger partial charge in [-0.2, -0.15) is 0 Å². The molecule has 7 heteroatoms. The van der Waals surface area contributed by atoms with E-state index in [4.69, 9.17) is 16.3 Å². The number of hydrogen-bond acceptors (Lipinski definition) is 4. The fourth-order valence-electron chi connectivity index (χ4n) is 3.00. The van der Waals surface area contributed by atoms with Crippen molar-refractivity contribution >= 4 is 29.2 Å². The lowest BCUT2D eigenvalue weighted by atomic mass is 10.1. The Morgan fingerprint density at radius 2 is 1.75 bits per heavy atom. The first kappa shape index (κ1) is 18.0. The first-order valence-electron chi connectivity index (χ1n) is 8.67. The van der Waals surface area contributed by atoms with Crippen LogP contribution in [0.25, 0.3) is 0 Å². The Bertz CT molecular complexity index is 1010. The van der Waals surface area contributed by atoms with Crippen LogP contribution in [-0.2, 0) is 11.2 Å². The highest BCUT2D eigenvalue weighted by Crippen LogP contribution is 2.28. The van der Waals surface area contributed by atoms with Crippen LogP contribution in [0.15, 0.2) is 73.1 Å². The Kier molecular flexibility index (Phi) is 4.95. The van der Waals surface area contributed by atoms with Crippen molar-refractivity contribution in [3.63, 3.8) is 0 Å². The summed E-state index contributed by atoms with van der Waals surface area (Å²) < 4.78 is 5.74. The van der Waals surface area contributed by atoms with Gasteiger partial charge in [-0.05, 0) is 60.2 Å². The van der Waals surface area contributed by atoms with Gasteiger partial charge in [0, 0.05) is 23.8 Å². The van der Waals surface area contributed by atoms with Gasteiger partial charge in [-0.3, -0.25) is 9.78 Å². The molecule has 1 unspecified atom stereocenters. The zero-order valence-electron chi connectivity index (χ0n) is 14.7. The van der Waals surface area contributed by atoms with Crippen LogP contribution in [0.3, 0.4) is 0 Å². The lowest BCUT2D eigenvalue weighted by Crippen LogP contribution is -2.32. The monoisotopic (exact) mass is 393 g/mol. The predicted molar refractivity (Wildman–Crippen MR) is 106 cm³/mol. The maximum atomic E-state index is 12.7. The summed E-state index contributed by atoms with van der Waals surface area (Å²) in [6.07, 6.45) is 3.74. The standard InChI is InChI=1S/C21H16ClN3O3/c22-15-2-1-3-18(13-15)28-17-6-4-16(5-7-17)25-20(26)19(24-21(25)27)12-14-8-10-23-11-9-14/h1-11,13,19H,12H2,(H,24,27). The molecular weight excluding hydrogens is 378 g/mol. The minimum absolute atomic E-state index is 0.287. The fourth-order valence-corrected chi connectivity index (χ4v) is 3.18. The van der Waals surface area contributed by atoms with Crippen LogP contribution in [0.5, 0.6) is 11.5 Å². The topological polar surface area (TPSA) is 71.5 Å². The number of benzene rings is 2. The van der Waals surface area contributed by atoms with Gasteiger partial charge < -0.3 is 10.1 Å². The minimum atomic E-state index is -0.600. The van der Waals surface area contributed by atoms with Crippen molar-refractivity contribution in [1.29, 1.82) is 0 Å². The highest BCUT2D eigenvalue weighted by atomic mass is 35.5. The fraction of sp³-hybridized carbons (Fsp3) is 0.0952. The van der Waals surface area contributed by atoms with Crippen molar-refractivity contribution in [2.45, 2.75) is 12.5 Å². The summed E-state index contributed by atoms with van der Waals surface area (Å²) in [4.78, 5) is 30.2. The molecule has 0 aliphatic carbocycles. The number of amides is 3. The van der Waals surface area contributed by atoms with Crippen molar-refractivity contribution < 1.29 is 14.3 Å². The molecule has 2 aromatic carbocycles. The molecule has 1 N–H and O–H groups in total. The summed E-state index contributed by atoms with van der Waals surface area (Å²) in [5.74, 6) is 0.893. The second kappa shape index (κ2) is 7.70.